The first-order valence-electron chi connectivity index (χ1n) is 9.49. The van der Waals surface area contributed by atoms with Crippen LogP contribution in [0.4, 0.5) is 4.79 Å². The molecular weight excluding hydrogens is 393 g/mol. The number of rotatable bonds is 7. The first-order valence-corrected chi connectivity index (χ1v) is 9.49. The molecular formula is C23H28KNO4. The van der Waals surface area contributed by atoms with Crippen LogP contribution in [0.3, 0.4) is 0 Å². The molecule has 0 unspecified atom stereocenters. The van der Waals surface area contributed by atoms with Crippen molar-refractivity contribution in [3.05, 3.63) is 60.2 Å². The molecule has 2 rings (SSSR count). The van der Waals surface area contributed by atoms with Crippen molar-refractivity contribution >= 4 is 12.1 Å². The molecule has 6 heteroatoms. The molecule has 0 bridgehead atoms. The van der Waals surface area contributed by atoms with E-state index in [9.17, 15) is 14.7 Å². The number of carbonyl (C=O) groups excluding carboxylic acids is 2. The Hall–Kier alpha value is -1.18. The van der Waals surface area contributed by atoms with Gasteiger partial charge in [-0.2, -0.15) is 0 Å². The zero-order valence-electron chi connectivity index (χ0n) is 17.9. The van der Waals surface area contributed by atoms with Crippen LogP contribution < -0.4 is 61.8 Å². The fraction of sp³-hybridized carbons (Fsp3) is 0.391. The summed E-state index contributed by atoms with van der Waals surface area (Å²) in [6.07, 6.45) is 0.220. The molecule has 0 saturated heterocycles. The molecule has 150 valence electrons. The number of benzene rings is 2. The Morgan fingerprint density at radius 1 is 1.00 bits per heavy atom. The summed E-state index contributed by atoms with van der Waals surface area (Å²) < 4.78 is 5.31. The third kappa shape index (κ3) is 9.44. The molecule has 2 atom stereocenters. The number of aliphatic carboxylic acids is 1. The molecule has 0 aliphatic carbocycles. The summed E-state index contributed by atoms with van der Waals surface area (Å²) in [6.45, 7) is 6.94. The van der Waals surface area contributed by atoms with Crippen LogP contribution >= 0.6 is 0 Å². The monoisotopic (exact) mass is 421 g/mol. The number of carbonyl (C=O) groups is 2. The summed E-state index contributed by atoms with van der Waals surface area (Å²) >= 11 is 0. The number of ether oxygens (including phenoxy) is 1. The number of alkyl carbamates (subject to hydrolysis) is 1. The van der Waals surface area contributed by atoms with E-state index >= 15 is 0 Å². The third-order valence-electron chi connectivity index (χ3n) is 4.30. The first kappa shape index (κ1) is 25.9. The van der Waals surface area contributed by atoms with Gasteiger partial charge in [0.25, 0.3) is 0 Å². The van der Waals surface area contributed by atoms with E-state index in [-0.39, 0.29) is 63.8 Å². The molecule has 0 aromatic heterocycles. The molecule has 0 fully saturated rings. The van der Waals surface area contributed by atoms with E-state index < -0.39 is 23.6 Å². The summed E-state index contributed by atoms with van der Waals surface area (Å²) in [7, 11) is 0. The molecule has 0 spiro atoms. The number of nitrogens with one attached hydrogen (secondary N) is 1. The summed E-state index contributed by atoms with van der Waals surface area (Å²) in [5.74, 6) is -1.81. The van der Waals surface area contributed by atoms with Crippen LogP contribution in [0.1, 0.15) is 39.7 Å². The summed E-state index contributed by atoms with van der Waals surface area (Å²) in [6, 6.07) is 17.7. The predicted octanol–water partition coefficient (Wildman–Crippen LogP) is 0.570. The molecule has 1 N–H and O–H groups in total. The topological polar surface area (TPSA) is 78.5 Å². The molecule has 0 aliphatic rings. The van der Waals surface area contributed by atoms with E-state index in [0.29, 0.717) is 6.42 Å². The zero-order valence-corrected chi connectivity index (χ0v) is 21.0. The molecule has 0 aliphatic heterocycles. The number of carboxylic acid groups (broad SMARTS) is 1. The smallest absolute Gasteiger partial charge is 0.550 e. The molecule has 2 aromatic rings. The normalized spacial score (nSPS) is 13.0. The molecule has 2 aromatic carbocycles. The van der Waals surface area contributed by atoms with Crippen molar-refractivity contribution in [2.24, 2.45) is 5.92 Å². The number of hydrogen-bond acceptors (Lipinski definition) is 4. The van der Waals surface area contributed by atoms with Crippen molar-refractivity contribution < 1.29 is 70.8 Å². The van der Waals surface area contributed by atoms with Crippen molar-refractivity contribution in [3.8, 4) is 11.1 Å². The van der Waals surface area contributed by atoms with Gasteiger partial charge < -0.3 is 20.0 Å². The van der Waals surface area contributed by atoms with Crippen LogP contribution in [0.25, 0.3) is 11.1 Å². The van der Waals surface area contributed by atoms with Crippen LogP contribution in [-0.2, 0) is 16.0 Å². The molecule has 1 amide bonds. The minimum atomic E-state index is -1.13. The van der Waals surface area contributed by atoms with Gasteiger partial charge in [-0.15, -0.1) is 0 Å². The molecule has 29 heavy (non-hydrogen) atoms. The van der Waals surface area contributed by atoms with E-state index in [0.717, 1.165) is 16.7 Å². The average Bonchev–Trinajstić information content (AvgIpc) is 2.61. The van der Waals surface area contributed by atoms with E-state index in [1.54, 1.807) is 27.7 Å². The third-order valence-corrected chi connectivity index (χ3v) is 4.30. The fourth-order valence-electron chi connectivity index (χ4n) is 2.94. The maximum atomic E-state index is 12.2. The standard InChI is InChI=1S/C23H29NO4.K/c1-16(21(25)26)14-20(24-22(27)28-23(2,3)4)15-17-10-12-19(13-11-17)18-8-6-5-7-9-18;/h5-13,16,20H,14-15H2,1-4H3,(H,24,27)(H,25,26);/q;+1/p-1/t16-,20+;/m1./s1. The van der Waals surface area contributed by atoms with Gasteiger partial charge in [-0.25, -0.2) is 4.79 Å². The number of amides is 1. The SMILES string of the molecule is C[C@H](C[C@@H](Cc1ccc(-c2ccccc2)cc1)NC(=O)OC(C)(C)C)C(=O)[O-].[K+]. The summed E-state index contributed by atoms with van der Waals surface area (Å²) in [5, 5.41) is 14.0. The minimum absolute atomic E-state index is 0. The second-order valence-electron chi connectivity index (χ2n) is 8.07. The van der Waals surface area contributed by atoms with E-state index in [1.807, 2.05) is 54.6 Å². The summed E-state index contributed by atoms with van der Waals surface area (Å²) in [5.41, 5.74) is 2.62. The van der Waals surface area contributed by atoms with Crippen molar-refractivity contribution in [1.29, 1.82) is 0 Å². The van der Waals surface area contributed by atoms with Crippen LogP contribution in [0.5, 0.6) is 0 Å². The van der Waals surface area contributed by atoms with Gasteiger partial charge in [-0.3, -0.25) is 0 Å². The second kappa shape index (κ2) is 11.9. The van der Waals surface area contributed by atoms with Crippen LogP contribution in [0.2, 0.25) is 0 Å². The number of hydrogen-bond donors (Lipinski definition) is 1. The maximum Gasteiger partial charge on any atom is 1.00 e. The van der Waals surface area contributed by atoms with Crippen molar-refractivity contribution in [2.45, 2.75) is 52.2 Å². The Kier molecular flexibility index (Phi) is 10.6. The zero-order chi connectivity index (χ0) is 20.7. The molecule has 0 radical (unpaired) electrons. The van der Waals surface area contributed by atoms with Gasteiger partial charge in [-0.05, 0) is 56.2 Å². The summed E-state index contributed by atoms with van der Waals surface area (Å²) in [4.78, 5) is 23.3. The number of carboxylic acids is 1. The van der Waals surface area contributed by atoms with Crippen molar-refractivity contribution in [2.75, 3.05) is 0 Å². The Morgan fingerprint density at radius 2 is 1.55 bits per heavy atom. The van der Waals surface area contributed by atoms with Crippen LogP contribution in [0, 0.1) is 5.92 Å². The van der Waals surface area contributed by atoms with Gasteiger partial charge >= 0.3 is 57.5 Å². The Morgan fingerprint density at radius 3 is 2.07 bits per heavy atom. The molecule has 0 heterocycles. The molecule has 0 saturated carbocycles. The second-order valence-corrected chi connectivity index (χ2v) is 8.07. The average molecular weight is 422 g/mol. The van der Waals surface area contributed by atoms with Gasteiger partial charge in [0.15, 0.2) is 0 Å². The molecule has 5 nitrogen and oxygen atoms in total. The van der Waals surface area contributed by atoms with Crippen LogP contribution in [-0.4, -0.2) is 23.7 Å². The minimum Gasteiger partial charge on any atom is -0.550 e. The Labute approximate surface area is 215 Å². The van der Waals surface area contributed by atoms with Crippen molar-refractivity contribution in [3.63, 3.8) is 0 Å². The van der Waals surface area contributed by atoms with Gasteiger partial charge in [0.05, 0.1) is 0 Å². The predicted molar refractivity (Wildman–Crippen MR) is 108 cm³/mol. The Balaban J connectivity index is 0.00000420. The van der Waals surface area contributed by atoms with Gasteiger partial charge in [0.2, 0.25) is 0 Å². The van der Waals surface area contributed by atoms with Gasteiger partial charge in [0.1, 0.15) is 5.60 Å². The quantitative estimate of drug-likeness (QED) is 0.663. The van der Waals surface area contributed by atoms with E-state index in [4.69, 9.17) is 4.74 Å². The van der Waals surface area contributed by atoms with Gasteiger partial charge in [-0.1, -0.05) is 61.5 Å². The largest absolute Gasteiger partial charge is 1.00 e. The van der Waals surface area contributed by atoms with Gasteiger partial charge in [0, 0.05) is 12.0 Å². The van der Waals surface area contributed by atoms with Crippen LogP contribution in [0.15, 0.2) is 54.6 Å². The fourth-order valence-corrected chi connectivity index (χ4v) is 2.94. The Bertz CT molecular complexity index is 785. The van der Waals surface area contributed by atoms with Crippen molar-refractivity contribution in [1.82, 2.24) is 5.32 Å². The first-order chi connectivity index (χ1) is 13.1. The maximum absolute atomic E-state index is 12.2. The van der Waals surface area contributed by atoms with E-state index in [2.05, 4.69) is 5.32 Å². The van der Waals surface area contributed by atoms with E-state index in [1.165, 1.54) is 0 Å².